The summed E-state index contributed by atoms with van der Waals surface area (Å²) >= 11 is 0. The molecule has 1 fully saturated rings. The van der Waals surface area contributed by atoms with Crippen LogP contribution in [0.1, 0.15) is 54.7 Å². The number of hydrogen-bond donors (Lipinski definition) is 1. The van der Waals surface area contributed by atoms with Crippen molar-refractivity contribution < 1.29 is 8.42 Å². The zero-order valence-electron chi connectivity index (χ0n) is 14.4. The molecule has 2 aromatic carbocycles. The highest BCUT2D eigenvalue weighted by Crippen LogP contribution is 2.33. The summed E-state index contributed by atoms with van der Waals surface area (Å²) in [6, 6.07) is 13.0. The van der Waals surface area contributed by atoms with Crippen molar-refractivity contribution in [3.05, 3.63) is 59.2 Å². The second-order valence-electron chi connectivity index (χ2n) is 6.81. The van der Waals surface area contributed by atoms with Crippen molar-refractivity contribution >= 4 is 15.7 Å². The Labute approximate surface area is 145 Å². The first-order valence-corrected chi connectivity index (χ1v) is 10.1. The second kappa shape index (κ2) is 6.98. The van der Waals surface area contributed by atoms with Gasteiger partial charge in [0, 0.05) is 5.69 Å². The first kappa shape index (κ1) is 17.0. The molecule has 0 bridgehead atoms. The molecule has 24 heavy (non-hydrogen) atoms. The Kier molecular flexibility index (Phi) is 4.95. The maximum Gasteiger partial charge on any atom is 0.261 e. The molecule has 0 spiro atoms. The Morgan fingerprint density at radius 2 is 1.54 bits per heavy atom. The Morgan fingerprint density at radius 3 is 2.17 bits per heavy atom. The molecule has 1 aliphatic rings. The van der Waals surface area contributed by atoms with Crippen LogP contribution in [0.4, 0.5) is 5.69 Å². The van der Waals surface area contributed by atoms with Gasteiger partial charge in [-0.15, -0.1) is 0 Å². The van der Waals surface area contributed by atoms with E-state index in [0.29, 0.717) is 16.5 Å². The third-order valence-corrected chi connectivity index (χ3v) is 6.42. The Balaban J connectivity index is 1.77. The highest BCUT2D eigenvalue weighted by molar-refractivity contribution is 7.92. The van der Waals surface area contributed by atoms with Crippen LogP contribution in [0.15, 0.2) is 47.4 Å². The van der Waals surface area contributed by atoms with Crippen molar-refractivity contribution in [2.24, 2.45) is 0 Å². The molecule has 3 rings (SSSR count). The minimum absolute atomic E-state index is 0.320. The molecule has 0 heterocycles. The van der Waals surface area contributed by atoms with Gasteiger partial charge >= 0.3 is 0 Å². The summed E-state index contributed by atoms with van der Waals surface area (Å²) in [5.74, 6) is 0.586. The molecular weight excluding hydrogens is 318 g/mol. The van der Waals surface area contributed by atoms with E-state index in [2.05, 4.69) is 4.72 Å². The molecule has 128 valence electrons. The number of rotatable bonds is 4. The summed E-state index contributed by atoms with van der Waals surface area (Å²) < 4.78 is 27.8. The molecule has 1 aliphatic carbocycles. The topological polar surface area (TPSA) is 46.2 Å². The molecule has 1 saturated carbocycles. The van der Waals surface area contributed by atoms with Gasteiger partial charge in [0.1, 0.15) is 0 Å². The van der Waals surface area contributed by atoms with Crippen LogP contribution in [0.25, 0.3) is 0 Å². The number of nitrogens with one attached hydrogen (secondary N) is 1. The van der Waals surface area contributed by atoms with E-state index in [1.165, 1.54) is 37.7 Å². The van der Waals surface area contributed by atoms with Crippen molar-refractivity contribution in [3.63, 3.8) is 0 Å². The molecule has 0 aliphatic heterocycles. The van der Waals surface area contributed by atoms with Gasteiger partial charge in [-0.3, -0.25) is 4.72 Å². The molecule has 0 radical (unpaired) electrons. The van der Waals surface area contributed by atoms with Crippen LogP contribution in [-0.2, 0) is 10.0 Å². The van der Waals surface area contributed by atoms with E-state index in [1.54, 1.807) is 18.2 Å². The molecule has 0 aromatic heterocycles. The third kappa shape index (κ3) is 3.81. The van der Waals surface area contributed by atoms with Crippen LogP contribution >= 0.6 is 0 Å². The van der Waals surface area contributed by atoms with Crippen molar-refractivity contribution in [1.82, 2.24) is 0 Å². The van der Waals surface area contributed by atoms with Gasteiger partial charge < -0.3 is 0 Å². The van der Waals surface area contributed by atoms with Gasteiger partial charge in [-0.2, -0.15) is 0 Å². The van der Waals surface area contributed by atoms with E-state index in [9.17, 15) is 8.42 Å². The molecular formula is C20H25NO2S. The van der Waals surface area contributed by atoms with Crippen molar-refractivity contribution in [3.8, 4) is 0 Å². The normalized spacial score (nSPS) is 16.1. The van der Waals surface area contributed by atoms with Gasteiger partial charge in [-0.1, -0.05) is 37.5 Å². The average Bonchev–Trinajstić information content (AvgIpc) is 2.59. The van der Waals surface area contributed by atoms with E-state index in [0.717, 1.165) is 11.1 Å². The van der Waals surface area contributed by atoms with E-state index < -0.39 is 10.0 Å². The lowest BCUT2D eigenvalue weighted by molar-refractivity contribution is 0.443. The zero-order valence-corrected chi connectivity index (χ0v) is 15.2. The first-order valence-electron chi connectivity index (χ1n) is 8.66. The molecule has 0 amide bonds. The summed E-state index contributed by atoms with van der Waals surface area (Å²) in [7, 11) is -3.54. The molecule has 0 unspecified atom stereocenters. The predicted molar refractivity (Wildman–Crippen MR) is 99.0 cm³/mol. The van der Waals surface area contributed by atoms with E-state index >= 15 is 0 Å². The van der Waals surface area contributed by atoms with E-state index in [-0.39, 0.29) is 0 Å². The first-order chi connectivity index (χ1) is 11.5. The van der Waals surface area contributed by atoms with Crippen molar-refractivity contribution in [2.75, 3.05) is 4.72 Å². The SMILES string of the molecule is Cc1ccc(NS(=O)(=O)c2ccc(C3CCCCC3)cc2)cc1C. The van der Waals surface area contributed by atoms with Crippen LogP contribution in [0.3, 0.4) is 0 Å². The summed E-state index contributed by atoms with van der Waals surface area (Å²) in [5.41, 5.74) is 4.09. The largest absolute Gasteiger partial charge is 0.280 e. The highest BCUT2D eigenvalue weighted by Gasteiger charge is 2.18. The van der Waals surface area contributed by atoms with Crippen LogP contribution in [0.5, 0.6) is 0 Å². The highest BCUT2D eigenvalue weighted by atomic mass is 32.2. The van der Waals surface area contributed by atoms with Crippen LogP contribution in [0, 0.1) is 13.8 Å². The van der Waals surface area contributed by atoms with Crippen LogP contribution in [-0.4, -0.2) is 8.42 Å². The van der Waals surface area contributed by atoms with Gasteiger partial charge in [-0.05, 0) is 73.6 Å². The van der Waals surface area contributed by atoms with E-state index in [4.69, 9.17) is 0 Å². The lowest BCUT2D eigenvalue weighted by atomic mass is 9.84. The lowest BCUT2D eigenvalue weighted by Gasteiger charge is -2.22. The summed E-state index contributed by atoms with van der Waals surface area (Å²) in [6.45, 7) is 3.99. The molecule has 4 heteroatoms. The van der Waals surface area contributed by atoms with Gasteiger partial charge in [0.15, 0.2) is 0 Å². The summed E-state index contributed by atoms with van der Waals surface area (Å²) in [4.78, 5) is 0.320. The molecule has 2 aromatic rings. The number of anilines is 1. The monoisotopic (exact) mass is 343 g/mol. The fourth-order valence-corrected chi connectivity index (χ4v) is 4.42. The van der Waals surface area contributed by atoms with Gasteiger partial charge in [0.25, 0.3) is 10.0 Å². The van der Waals surface area contributed by atoms with Crippen molar-refractivity contribution in [1.29, 1.82) is 0 Å². The smallest absolute Gasteiger partial charge is 0.261 e. The van der Waals surface area contributed by atoms with Crippen LogP contribution < -0.4 is 4.72 Å². The molecule has 0 saturated heterocycles. The molecule has 0 atom stereocenters. The minimum atomic E-state index is -3.54. The average molecular weight is 343 g/mol. The van der Waals surface area contributed by atoms with Crippen LogP contribution in [0.2, 0.25) is 0 Å². The van der Waals surface area contributed by atoms with Gasteiger partial charge in [0.2, 0.25) is 0 Å². The molecule has 3 nitrogen and oxygen atoms in total. The maximum absolute atomic E-state index is 12.6. The second-order valence-corrected chi connectivity index (χ2v) is 8.49. The Bertz CT molecular complexity index is 804. The number of benzene rings is 2. The summed E-state index contributed by atoms with van der Waals surface area (Å²) in [5, 5.41) is 0. The fourth-order valence-electron chi connectivity index (χ4n) is 3.37. The third-order valence-electron chi connectivity index (χ3n) is 5.03. The van der Waals surface area contributed by atoms with E-state index in [1.807, 2.05) is 38.1 Å². The minimum Gasteiger partial charge on any atom is -0.280 e. The zero-order chi connectivity index (χ0) is 17.2. The summed E-state index contributed by atoms with van der Waals surface area (Å²) in [6.07, 6.45) is 6.31. The van der Waals surface area contributed by atoms with Crippen molar-refractivity contribution in [2.45, 2.75) is 56.8 Å². The lowest BCUT2D eigenvalue weighted by Crippen LogP contribution is -2.13. The standard InChI is InChI=1S/C20H25NO2S/c1-15-8-11-19(14-16(15)2)21-24(22,23)20-12-9-18(10-13-20)17-6-4-3-5-7-17/h8-14,17,21H,3-7H2,1-2H3. The maximum atomic E-state index is 12.6. The number of hydrogen-bond acceptors (Lipinski definition) is 2. The fraction of sp³-hybridized carbons (Fsp3) is 0.400. The Morgan fingerprint density at radius 1 is 0.875 bits per heavy atom. The van der Waals surface area contributed by atoms with Gasteiger partial charge in [-0.25, -0.2) is 8.42 Å². The quantitative estimate of drug-likeness (QED) is 0.834. The molecule has 1 N–H and O–H groups in total. The van der Waals surface area contributed by atoms with Gasteiger partial charge in [0.05, 0.1) is 4.90 Å². The predicted octanol–water partition coefficient (Wildman–Crippen LogP) is 5.15. The number of sulfonamides is 1. The number of aryl methyl sites for hydroxylation is 2. The Hall–Kier alpha value is -1.81.